The number of hydrogen-bond donors (Lipinski definition) is 2. The van der Waals surface area contributed by atoms with Crippen molar-refractivity contribution < 1.29 is 9.84 Å². The van der Waals surface area contributed by atoms with Gasteiger partial charge in [-0.1, -0.05) is 30.3 Å². The molecular weight excluding hydrogens is 398 g/mol. The van der Waals surface area contributed by atoms with Crippen LogP contribution in [0.5, 0.6) is 0 Å². The average molecular weight is 430 g/mol. The van der Waals surface area contributed by atoms with Crippen LogP contribution in [0.25, 0.3) is 11.2 Å². The number of nitrogens with zero attached hydrogens (tertiary/aromatic N) is 4. The number of aryl methyl sites for hydroxylation is 1. The zero-order valence-corrected chi connectivity index (χ0v) is 18.4. The van der Waals surface area contributed by atoms with Crippen LogP contribution in [0.1, 0.15) is 38.7 Å². The largest absolute Gasteiger partial charge is 0.393 e. The molecule has 168 valence electrons. The van der Waals surface area contributed by atoms with Crippen LogP contribution in [0.15, 0.2) is 39.9 Å². The van der Waals surface area contributed by atoms with Gasteiger partial charge in [-0.05, 0) is 38.7 Å². The smallest absolute Gasteiger partial charge is 0.332 e. The molecule has 9 nitrogen and oxygen atoms in total. The summed E-state index contributed by atoms with van der Waals surface area (Å²) in [4.78, 5) is 30.6. The first-order valence-electron chi connectivity index (χ1n) is 10.7. The molecule has 3 aromatic rings. The summed E-state index contributed by atoms with van der Waals surface area (Å²) < 4.78 is 9.93. The molecule has 2 N–H and O–H groups in total. The Morgan fingerprint density at radius 2 is 1.90 bits per heavy atom. The van der Waals surface area contributed by atoms with Crippen molar-refractivity contribution in [1.82, 2.24) is 18.7 Å². The lowest BCUT2D eigenvalue weighted by Crippen LogP contribution is -2.39. The molecule has 0 aliphatic carbocycles. The molecule has 31 heavy (non-hydrogen) atoms. The number of fused-ring (bicyclic) bond motifs is 1. The highest BCUT2D eigenvalue weighted by Crippen LogP contribution is 2.17. The minimum absolute atomic E-state index is 0.152. The van der Waals surface area contributed by atoms with Gasteiger partial charge in [0.2, 0.25) is 5.95 Å². The Morgan fingerprint density at radius 3 is 2.58 bits per heavy atom. The van der Waals surface area contributed by atoms with Crippen molar-refractivity contribution in [3.05, 3.63) is 56.7 Å². The Hall–Kier alpha value is -2.91. The van der Waals surface area contributed by atoms with E-state index in [4.69, 9.17) is 4.74 Å². The molecule has 2 heterocycles. The lowest BCUT2D eigenvalue weighted by molar-refractivity contribution is 0.0916. The number of hydrogen-bond acceptors (Lipinski definition) is 6. The molecule has 0 amide bonds. The molecular formula is C22H31N5O4. The second-order valence-corrected chi connectivity index (χ2v) is 7.64. The zero-order valence-electron chi connectivity index (χ0n) is 18.4. The molecule has 9 heteroatoms. The third-order valence-corrected chi connectivity index (χ3v) is 5.20. The summed E-state index contributed by atoms with van der Waals surface area (Å²) in [6.07, 6.45) is 1.60. The molecule has 0 spiro atoms. The van der Waals surface area contributed by atoms with Crippen LogP contribution in [0.2, 0.25) is 0 Å². The average Bonchev–Trinajstić information content (AvgIpc) is 3.13. The second-order valence-electron chi connectivity index (χ2n) is 7.64. The predicted molar refractivity (Wildman–Crippen MR) is 120 cm³/mol. The fraction of sp³-hybridized carbons (Fsp3) is 0.500. The predicted octanol–water partition coefficient (Wildman–Crippen LogP) is 2.05. The van der Waals surface area contributed by atoms with E-state index in [-0.39, 0.29) is 12.3 Å². The molecule has 0 saturated carbocycles. The SMILES string of the molecule is CCOCn1c(NCc2ccccc2)nc2c1c(=O)n(CCCCC(C)O)c(=O)n2C. The number of unbranched alkanes of at least 4 members (excludes halogenated alkanes) is 1. The molecule has 0 fully saturated rings. The summed E-state index contributed by atoms with van der Waals surface area (Å²) in [7, 11) is 1.62. The van der Waals surface area contributed by atoms with Gasteiger partial charge in [-0.2, -0.15) is 4.98 Å². The molecule has 0 aliphatic heterocycles. The Balaban J connectivity index is 1.99. The third kappa shape index (κ3) is 5.23. The number of nitrogens with one attached hydrogen (secondary N) is 1. The lowest BCUT2D eigenvalue weighted by atomic mass is 10.2. The summed E-state index contributed by atoms with van der Waals surface area (Å²) in [5, 5.41) is 12.7. The topological polar surface area (TPSA) is 103 Å². The van der Waals surface area contributed by atoms with Crippen molar-refractivity contribution in [1.29, 1.82) is 0 Å². The van der Waals surface area contributed by atoms with Gasteiger partial charge in [0.05, 0.1) is 6.10 Å². The summed E-state index contributed by atoms with van der Waals surface area (Å²) in [6.45, 7) is 5.06. The van der Waals surface area contributed by atoms with Crippen LogP contribution in [0, 0.1) is 0 Å². The van der Waals surface area contributed by atoms with Crippen LogP contribution in [0.3, 0.4) is 0 Å². The standard InChI is InChI=1S/C22H31N5O4/c1-4-31-15-27-18-19(24-21(27)23-14-17-11-6-5-7-12-17)25(3)22(30)26(20(18)29)13-9-8-10-16(2)28/h5-7,11-12,16,28H,4,8-10,13-15H2,1-3H3,(H,23,24). The van der Waals surface area contributed by atoms with E-state index >= 15 is 0 Å². The van der Waals surface area contributed by atoms with E-state index in [1.165, 1.54) is 9.13 Å². The summed E-state index contributed by atoms with van der Waals surface area (Å²) >= 11 is 0. The van der Waals surface area contributed by atoms with Crippen molar-refractivity contribution in [2.24, 2.45) is 7.05 Å². The maximum absolute atomic E-state index is 13.3. The van der Waals surface area contributed by atoms with Crippen molar-refractivity contribution in [3.8, 4) is 0 Å². The van der Waals surface area contributed by atoms with Crippen LogP contribution in [-0.4, -0.2) is 36.5 Å². The van der Waals surface area contributed by atoms with Crippen LogP contribution in [0.4, 0.5) is 5.95 Å². The Labute approximate surface area is 180 Å². The number of rotatable bonds is 11. The van der Waals surface area contributed by atoms with Crippen molar-refractivity contribution >= 4 is 17.1 Å². The molecule has 0 bridgehead atoms. The fourth-order valence-electron chi connectivity index (χ4n) is 3.50. The zero-order chi connectivity index (χ0) is 22.4. The Kier molecular flexibility index (Phi) is 7.64. The van der Waals surface area contributed by atoms with E-state index in [0.717, 1.165) is 12.0 Å². The van der Waals surface area contributed by atoms with Gasteiger partial charge < -0.3 is 15.2 Å². The number of aromatic nitrogens is 4. The molecule has 0 saturated heterocycles. The van der Waals surface area contributed by atoms with E-state index in [0.29, 0.717) is 49.7 Å². The first-order chi connectivity index (χ1) is 14.9. The van der Waals surface area contributed by atoms with E-state index < -0.39 is 11.8 Å². The van der Waals surface area contributed by atoms with Gasteiger partial charge in [0.25, 0.3) is 5.56 Å². The van der Waals surface area contributed by atoms with E-state index in [2.05, 4.69) is 10.3 Å². The number of aliphatic hydroxyl groups excluding tert-OH is 1. The first kappa shape index (κ1) is 22.8. The highest BCUT2D eigenvalue weighted by Gasteiger charge is 2.20. The highest BCUT2D eigenvalue weighted by atomic mass is 16.5. The van der Waals surface area contributed by atoms with Gasteiger partial charge >= 0.3 is 5.69 Å². The van der Waals surface area contributed by atoms with Crippen molar-refractivity contribution in [3.63, 3.8) is 0 Å². The van der Waals surface area contributed by atoms with Crippen LogP contribution in [-0.2, 0) is 31.6 Å². The second kappa shape index (κ2) is 10.4. The summed E-state index contributed by atoms with van der Waals surface area (Å²) in [6, 6.07) is 9.87. The molecule has 1 atom stereocenters. The fourth-order valence-corrected chi connectivity index (χ4v) is 3.50. The minimum atomic E-state index is -0.398. The van der Waals surface area contributed by atoms with Crippen LogP contribution >= 0.6 is 0 Å². The minimum Gasteiger partial charge on any atom is -0.393 e. The normalized spacial score (nSPS) is 12.4. The number of imidazole rings is 1. The van der Waals surface area contributed by atoms with Gasteiger partial charge in [0, 0.05) is 26.7 Å². The van der Waals surface area contributed by atoms with Gasteiger partial charge in [-0.15, -0.1) is 0 Å². The monoisotopic (exact) mass is 429 g/mol. The van der Waals surface area contributed by atoms with E-state index in [1.54, 1.807) is 18.5 Å². The number of benzene rings is 1. The molecule has 3 rings (SSSR count). The van der Waals surface area contributed by atoms with Gasteiger partial charge in [-0.3, -0.25) is 18.5 Å². The number of anilines is 1. The van der Waals surface area contributed by atoms with E-state index in [9.17, 15) is 14.7 Å². The van der Waals surface area contributed by atoms with Crippen LogP contribution < -0.4 is 16.6 Å². The van der Waals surface area contributed by atoms with Crippen molar-refractivity contribution in [2.45, 2.75) is 59.0 Å². The van der Waals surface area contributed by atoms with Gasteiger partial charge in [0.15, 0.2) is 11.2 Å². The number of ether oxygens (including phenoxy) is 1. The van der Waals surface area contributed by atoms with E-state index in [1.807, 2.05) is 37.3 Å². The van der Waals surface area contributed by atoms with Crippen molar-refractivity contribution in [2.75, 3.05) is 11.9 Å². The van der Waals surface area contributed by atoms with Gasteiger partial charge in [0.1, 0.15) is 6.73 Å². The molecule has 0 aliphatic rings. The lowest BCUT2D eigenvalue weighted by Gasteiger charge is -2.12. The molecule has 1 unspecified atom stereocenters. The Bertz CT molecular complexity index is 1110. The highest BCUT2D eigenvalue weighted by molar-refractivity contribution is 5.74. The van der Waals surface area contributed by atoms with Gasteiger partial charge in [-0.25, -0.2) is 4.79 Å². The summed E-state index contributed by atoms with van der Waals surface area (Å²) in [5.74, 6) is 0.478. The third-order valence-electron chi connectivity index (χ3n) is 5.20. The maximum Gasteiger partial charge on any atom is 0.332 e. The quantitative estimate of drug-likeness (QED) is 0.452. The summed E-state index contributed by atoms with van der Waals surface area (Å²) in [5.41, 5.74) is 0.953. The number of aliphatic hydroxyl groups is 1. The molecule has 2 aromatic heterocycles. The maximum atomic E-state index is 13.3. The first-order valence-corrected chi connectivity index (χ1v) is 10.7. The molecule has 1 aromatic carbocycles. The Morgan fingerprint density at radius 1 is 1.16 bits per heavy atom. The molecule has 0 radical (unpaired) electrons.